The lowest BCUT2D eigenvalue weighted by atomic mass is 9.63. The van der Waals surface area contributed by atoms with Gasteiger partial charge in [-0.05, 0) is 43.7 Å². The highest BCUT2D eigenvalue weighted by Gasteiger charge is 2.43. The fraction of sp³-hybridized carbons (Fsp3) is 0.600. The van der Waals surface area contributed by atoms with E-state index in [1.165, 1.54) is 17.5 Å². The second-order valence-corrected chi connectivity index (χ2v) is 11.7. The van der Waals surface area contributed by atoms with Gasteiger partial charge in [-0.1, -0.05) is 69.4 Å². The zero-order valence-corrected chi connectivity index (χ0v) is 24.3. The number of halogens is 1. The maximum atomic E-state index is 15.3. The third kappa shape index (κ3) is 5.90. The zero-order valence-electron chi connectivity index (χ0n) is 24.3. The number of pyridine rings is 1. The highest BCUT2D eigenvalue weighted by atomic mass is 19.1. The third-order valence-corrected chi connectivity index (χ3v) is 9.14. The van der Waals surface area contributed by atoms with E-state index in [2.05, 4.69) is 25.7 Å². The Balaban J connectivity index is 1.55. The summed E-state index contributed by atoms with van der Waals surface area (Å²) >= 11 is 0. The molecule has 5 rings (SSSR count). The molecule has 3 N–H and O–H groups in total. The quantitative estimate of drug-likeness (QED) is 0.346. The first-order valence-corrected chi connectivity index (χ1v) is 15.0. The van der Waals surface area contributed by atoms with Crippen molar-refractivity contribution >= 4 is 17.6 Å². The summed E-state index contributed by atoms with van der Waals surface area (Å²) in [6, 6.07) is 3.18. The van der Waals surface area contributed by atoms with Gasteiger partial charge in [0.15, 0.2) is 0 Å². The highest BCUT2D eigenvalue weighted by molar-refractivity contribution is 5.99. The van der Waals surface area contributed by atoms with Gasteiger partial charge in [-0.25, -0.2) is 9.67 Å². The molecule has 2 saturated carbocycles. The molecular weight excluding hydrogens is 523 g/mol. The number of aryl methyl sites for hydroxylation is 3. The maximum Gasteiger partial charge on any atom is 0.267 e. The summed E-state index contributed by atoms with van der Waals surface area (Å²) in [5.41, 5.74) is 8.09. The van der Waals surface area contributed by atoms with Gasteiger partial charge < -0.3 is 11.1 Å². The Labute approximate surface area is 240 Å². The number of anilines is 1. The van der Waals surface area contributed by atoms with Gasteiger partial charge in [-0.15, -0.1) is 5.10 Å². The Hall–Kier alpha value is -3.63. The Bertz CT molecular complexity index is 1350. The van der Waals surface area contributed by atoms with Gasteiger partial charge >= 0.3 is 0 Å². The average Bonchev–Trinajstić information content (AvgIpc) is 3.55. The lowest BCUT2D eigenvalue weighted by Gasteiger charge is -2.41. The fourth-order valence-electron chi connectivity index (χ4n) is 7.34. The van der Waals surface area contributed by atoms with Crippen molar-refractivity contribution < 1.29 is 14.0 Å². The number of carbonyl (C=O) groups excluding carboxylic acids is 2. The van der Waals surface area contributed by atoms with Crippen molar-refractivity contribution in [2.24, 2.45) is 30.5 Å². The lowest BCUT2D eigenvalue weighted by Crippen LogP contribution is -2.39. The van der Waals surface area contributed by atoms with Gasteiger partial charge in [0.2, 0.25) is 11.9 Å². The number of nitrogens with zero attached hydrogens (tertiary/aromatic N) is 6. The molecular formula is C30H41FN8O2. The molecule has 3 aromatic rings. The molecule has 2 aliphatic rings. The van der Waals surface area contributed by atoms with Crippen LogP contribution in [-0.4, -0.2) is 41.6 Å². The molecule has 0 aliphatic heterocycles. The molecule has 0 aromatic carbocycles. The molecule has 11 heteroatoms. The second kappa shape index (κ2) is 12.5. The van der Waals surface area contributed by atoms with Crippen LogP contribution in [0.2, 0.25) is 0 Å². The van der Waals surface area contributed by atoms with E-state index in [-0.39, 0.29) is 28.9 Å². The van der Waals surface area contributed by atoms with E-state index in [0.29, 0.717) is 35.3 Å². The minimum atomic E-state index is -0.722. The molecule has 1 atom stereocenters. The van der Waals surface area contributed by atoms with E-state index in [1.807, 2.05) is 6.92 Å². The summed E-state index contributed by atoms with van der Waals surface area (Å²) in [4.78, 5) is 31.2. The topological polar surface area (TPSA) is 134 Å². The molecule has 0 radical (unpaired) electrons. The first-order valence-electron chi connectivity index (χ1n) is 15.0. The predicted octanol–water partition coefficient (Wildman–Crippen LogP) is 5.14. The van der Waals surface area contributed by atoms with Gasteiger partial charge in [0.05, 0.1) is 29.1 Å². The smallest absolute Gasteiger partial charge is 0.267 e. The van der Waals surface area contributed by atoms with Crippen molar-refractivity contribution in [2.75, 3.05) is 5.32 Å². The summed E-state index contributed by atoms with van der Waals surface area (Å²) < 4.78 is 18.4. The molecule has 0 saturated heterocycles. The highest BCUT2D eigenvalue weighted by Crippen LogP contribution is 2.48. The SMILES string of the molecule is CCn1ncc(C(C(=O)Nc2ccc(-c3c(C)nnn3C)c(F)n2)C(C2CCCCC2)C2CCCCC2)c1C(N)=O. The van der Waals surface area contributed by atoms with Crippen LogP contribution in [0.3, 0.4) is 0 Å². The molecule has 1 unspecified atom stereocenters. The Morgan fingerprint density at radius 3 is 2.22 bits per heavy atom. The number of carbonyl (C=O) groups is 2. The van der Waals surface area contributed by atoms with Gasteiger partial charge in [-0.3, -0.25) is 14.3 Å². The van der Waals surface area contributed by atoms with Gasteiger partial charge in [0.25, 0.3) is 5.91 Å². The summed E-state index contributed by atoms with van der Waals surface area (Å²) in [5.74, 6) is -1.45. The summed E-state index contributed by atoms with van der Waals surface area (Å²) in [6.45, 7) is 4.11. The van der Waals surface area contributed by atoms with Gasteiger partial charge in [0, 0.05) is 19.2 Å². The normalized spacial score (nSPS) is 17.6. The standard InChI is InChI=1S/C30H41FN8O2/c1-4-39-27(29(32)40)22(17-33-39)25(24(19-11-7-5-8-12-19)20-13-9-6-10-14-20)30(41)35-23-16-15-21(28(31)34-23)26-18(2)36-37-38(26)3/h15-17,19-20,24-25H,4-14H2,1-3H3,(H2,32,40)(H,34,35,41). The number of aromatic nitrogens is 6. The Morgan fingerprint density at radius 1 is 1.07 bits per heavy atom. The Morgan fingerprint density at radius 2 is 1.71 bits per heavy atom. The number of hydrogen-bond donors (Lipinski definition) is 2. The fourth-order valence-corrected chi connectivity index (χ4v) is 7.34. The summed E-state index contributed by atoms with van der Waals surface area (Å²) in [7, 11) is 1.69. The monoisotopic (exact) mass is 564 g/mol. The first kappa shape index (κ1) is 28.9. The van der Waals surface area contributed by atoms with E-state index in [4.69, 9.17) is 5.73 Å². The maximum absolute atomic E-state index is 15.3. The minimum Gasteiger partial charge on any atom is -0.364 e. The van der Waals surface area contributed by atoms with E-state index >= 15 is 4.39 Å². The molecule has 0 spiro atoms. The second-order valence-electron chi connectivity index (χ2n) is 11.7. The first-order chi connectivity index (χ1) is 19.8. The van der Waals surface area contributed by atoms with Crippen LogP contribution in [0.4, 0.5) is 10.2 Å². The zero-order chi connectivity index (χ0) is 29.1. The van der Waals surface area contributed by atoms with Crippen molar-refractivity contribution in [2.45, 2.75) is 90.5 Å². The van der Waals surface area contributed by atoms with E-state index in [0.717, 1.165) is 51.4 Å². The number of rotatable bonds is 9. The number of nitrogens with one attached hydrogen (secondary N) is 1. The van der Waals surface area contributed by atoms with Crippen LogP contribution in [-0.2, 0) is 18.4 Å². The molecule has 220 valence electrons. The van der Waals surface area contributed by atoms with Crippen molar-refractivity contribution in [1.29, 1.82) is 0 Å². The Kier molecular flexibility index (Phi) is 8.79. The molecule has 3 heterocycles. The molecule has 3 aromatic heterocycles. The number of primary amides is 1. The van der Waals surface area contributed by atoms with Gasteiger partial charge in [0.1, 0.15) is 11.5 Å². The van der Waals surface area contributed by atoms with Gasteiger partial charge in [-0.2, -0.15) is 9.49 Å². The lowest BCUT2D eigenvalue weighted by molar-refractivity contribution is -0.120. The summed E-state index contributed by atoms with van der Waals surface area (Å²) in [6.07, 6.45) is 12.8. The molecule has 2 fully saturated rings. The third-order valence-electron chi connectivity index (χ3n) is 9.14. The van der Waals surface area contributed by atoms with Crippen LogP contribution in [0.1, 0.15) is 98.8 Å². The molecule has 2 aliphatic carbocycles. The van der Waals surface area contributed by atoms with Crippen molar-refractivity contribution in [1.82, 2.24) is 29.8 Å². The number of nitrogens with two attached hydrogens (primary N) is 1. The van der Waals surface area contributed by atoms with Crippen LogP contribution in [0.15, 0.2) is 18.3 Å². The largest absolute Gasteiger partial charge is 0.364 e. The van der Waals surface area contributed by atoms with Crippen molar-refractivity contribution in [3.63, 3.8) is 0 Å². The van der Waals surface area contributed by atoms with E-state index < -0.39 is 17.8 Å². The van der Waals surface area contributed by atoms with Crippen LogP contribution in [0.25, 0.3) is 11.3 Å². The average molecular weight is 565 g/mol. The molecule has 10 nitrogen and oxygen atoms in total. The molecule has 0 bridgehead atoms. The van der Waals surface area contributed by atoms with Crippen LogP contribution < -0.4 is 11.1 Å². The van der Waals surface area contributed by atoms with Crippen LogP contribution in [0.5, 0.6) is 0 Å². The van der Waals surface area contributed by atoms with Crippen LogP contribution in [0, 0.1) is 30.6 Å². The van der Waals surface area contributed by atoms with Crippen LogP contribution >= 0.6 is 0 Å². The molecule has 41 heavy (non-hydrogen) atoms. The number of amides is 2. The van der Waals surface area contributed by atoms with Crippen molar-refractivity contribution in [3.8, 4) is 11.3 Å². The van der Waals surface area contributed by atoms with Crippen molar-refractivity contribution in [3.05, 3.63) is 41.2 Å². The summed E-state index contributed by atoms with van der Waals surface area (Å²) in [5, 5.41) is 15.3. The van der Waals surface area contributed by atoms with E-state index in [9.17, 15) is 9.59 Å². The minimum absolute atomic E-state index is 0.0236. The number of hydrogen-bond acceptors (Lipinski definition) is 6. The predicted molar refractivity (Wildman–Crippen MR) is 153 cm³/mol. The van der Waals surface area contributed by atoms with E-state index in [1.54, 1.807) is 37.0 Å². The molecule has 2 amide bonds.